The third-order valence-electron chi connectivity index (χ3n) is 5.22. The topological polar surface area (TPSA) is 95.1 Å². The lowest BCUT2D eigenvalue weighted by Crippen LogP contribution is -2.31. The molecule has 3 N–H and O–H groups in total. The molecule has 0 saturated carbocycles. The van der Waals surface area contributed by atoms with Crippen LogP contribution in [0.1, 0.15) is 29.8 Å². The number of aromatic amines is 1. The number of hydrogen-bond acceptors (Lipinski definition) is 4. The van der Waals surface area contributed by atoms with Crippen LogP contribution in [0.4, 0.5) is 17.6 Å². The molecule has 0 spiro atoms. The average Bonchev–Trinajstić information content (AvgIpc) is 2.80. The molecular formula is C25H17F4N3O3. The fourth-order valence-corrected chi connectivity index (χ4v) is 3.54. The normalized spacial score (nSPS) is 12.5. The summed E-state index contributed by atoms with van der Waals surface area (Å²) in [5.74, 6) is -4.85. The van der Waals surface area contributed by atoms with Crippen LogP contribution in [-0.4, -0.2) is 21.0 Å². The Balaban J connectivity index is 1.84. The number of halogens is 4. The molecule has 0 saturated heterocycles. The molecule has 0 radical (unpaired) electrons. The van der Waals surface area contributed by atoms with Gasteiger partial charge in [-0.3, -0.25) is 14.6 Å². The van der Waals surface area contributed by atoms with E-state index in [2.05, 4.69) is 15.3 Å². The molecule has 4 rings (SSSR count). The van der Waals surface area contributed by atoms with Crippen LogP contribution in [0.15, 0.2) is 59.5 Å². The Morgan fingerprint density at radius 1 is 1.06 bits per heavy atom. The van der Waals surface area contributed by atoms with Gasteiger partial charge in [-0.25, -0.2) is 17.6 Å². The number of benzene rings is 2. The van der Waals surface area contributed by atoms with Crippen LogP contribution < -0.4 is 10.9 Å². The highest BCUT2D eigenvalue weighted by Crippen LogP contribution is 2.26. The molecule has 1 amide bonds. The molecule has 0 bridgehead atoms. The largest absolute Gasteiger partial charge is 0.508 e. The molecule has 0 aliphatic carbocycles. The monoisotopic (exact) mass is 483 g/mol. The number of H-pyrrole nitrogens is 1. The molecule has 0 fully saturated rings. The number of amides is 1. The van der Waals surface area contributed by atoms with E-state index in [-0.39, 0.29) is 22.3 Å². The molecule has 1 atom stereocenters. The molecule has 35 heavy (non-hydrogen) atoms. The number of pyridine rings is 2. The van der Waals surface area contributed by atoms with Gasteiger partial charge in [-0.15, -0.1) is 0 Å². The summed E-state index contributed by atoms with van der Waals surface area (Å²) in [7, 11) is 0. The van der Waals surface area contributed by atoms with E-state index in [9.17, 15) is 27.9 Å². The highest BCUT2D eigenvalue weighted by molar-refractivity contribution is 6.24. The third-order valence-corrected chi connectivity index (χ3v) is 5.22. The van der Waals surface area contributed by atoms with Gasteiger partial charge in [0.2, 0.25) is 0 Å². The zero-order chi connectivity index (χ0) is 25.3. The number of nitrogens with one attached hydrogen (secondary N) is 2. The molecule has 10 heteroatoms. The van der Waals surface area contributed by atoms with Crippen LogP contribution in [0.3, 0.4) is 0 Å². The first-order valence-electron chi connectivity index (χ1n) is 10.3. The number of phenolic OH excluding ortho intramolecular Hbond substituents is 1. The lowest BCUT2D eigenvalue weighted by molar-refractivity contribution is -0.116. The van der Waals surface area contributed by atoms with Crippen molar-refractivity contribution in [1.29, 1.82) is 0 Å². The van der Waals surface area contributed by atoms with Gasteiger partial charge in [-0.05, 0) is 48.9 Å². The Morgan fingerprint density at radius 3 is 2.46 bits per heavy atom. The number of nitrogens with zero attached hydrogens (tertiary/aromatic N) is 1. The zero-order valence-electron chi connectivity index (χ0n) is 18.1. The van der Waals surface area contributed by atoms with E-state index < -0.39 is 51.9 Å². The molecule has 0 aliphatic rings. The minimum absolute atomic E-state index is 0.0213. The van der Waals surface area contributed by atoms with Crippen LogP contribution in [0.25, 0.3) is 22.6 Å². The summed E-state index contributed by atoms with van der Waals surface area (Å²) in [6, 6.07) is 8.08. The van der Waals surface area contributed by atoms with Gasteiger partial charge in [0.15, 0.2) is 0 Å². The minimum Gasteiger partial charge on any atom is -0.508 e. The van der Waals surface area contributed by atoms with Crippen LogP contribution in [-0.2, 0) is 4.79 Å². The highest BCUT2D eigenvalue weighted by Gasteiger charge is 2.25. The van der Waals surface area contributed by atoms with Crippen molar-refractivity contribution in [3.63, 3.8) is 0 Å². The van der Waals surface area contributed by atoms with E-state index in [1.807, 2.05) is 0 Å². The van der Waals surface area contributed by atoms with Crippen molar-refractivity contribution in [2.75, 3.05) is 0 Å². The molecular weight excluding hydrogens is 466 g/mol. The van der Waals surface area contributed by atoms with E-state index in [0.717, 1.165) is 18.3 Å². The number of aromatic hydroxyl groups is 1. The van der Waals surface area contributed by atoms with E-state index in [1.54, 1.807) is 0 Å². The van der Waals surface area contributed by atoms with E-state index >= 15 is 4.39 Å². The zero-order valence-corrected chi connectivity index (χ0v) is 18.1. The summed E-state index contributed by atoms with van der Waals surface area (Å²) < 4.78 is 56.6. The summed E-state index contributed by atoms with van der Waals surface area (Å²) in [5.41, 5.74) is -2.01. The first-order chi connectivity index (χ1) is 16.6. The van der Waals surface area contributed by atoms with E-state index in [0.29, 0.717) is 11.6 Å². The molecule has 2 heterocycles. The number of carbonyl (C=O) groups is 1. The number of rotatable bonds is 5. The maximum absolute atomic E-state index is 15.5. The van der Waals surface area contributed by atoms with Gasteiger partial charge in [0, 0.05) is 11.5 Å². The van der Waals surface area contributed by atoms with Crippen molar-refractivity contribution >= 4 is 28.5 Å². The van der Waals surface area contributed by atoms with E-state index in [4.69, 9.17) is 0 Å². The van der Waals surface area contributed by atoms with Crippen LogP contribution in [0, 0.1) is 23.3 Å². The standard InChI is InChI=1S/C25H17F4N3O3/c1-12(23-19(28)10-15(27)11-30-23)31-24(34)18(8-13-2-5-16(33)6-3-13)21-22(29)17-9-14(26)4-7-20(17)32-25(21)35/h2-12,33H,1H3,(H,31,34)(H,32,35)/b18-8-/t12-/m0/s1. The van der Waals surface area contributed by atoms with Gasteiger partial charge >= 0.3 is 0 Å². The Morgan fingerprint density at radius 2 is 1.77 bits per heavy atom. The lowest BCUT2D eigenvalue weighted by Gasteiger charge is -2.16. The number of aromatic nitrogens is 2. The van der Waals surface area contributed by atoms with Gasteiger partial charge in [0.25, 0.3) is 11.5 Å². The number of phenols is 1. The summed E-state index contributed by atoms with van der Waals surface area (Å²) in [6.45, 7) is 1.37. The molecule has 4 aromatic rings. The molecule has 0 unspecified atom stereocenters. The molecule has 0 aliphatic heterocycles. The number of fused-ring (bicyclic) bond motifs is 1. The Bertz CT molecular complexity index is 1530. The number of carbonyl (C=O) groups excluding carboxylic acids is 1. The third kappa shape index (κ3) is 4.91. The van der Waals surface area contributed by atoms with Crippen molar-refractivity contribution in [2.24, 2.45) is 0 Å². The highest BCUT2D eigenvalue weighted by atomic mass is 19.1. The van der Waals surface area contributed by atoms with Gasteiger partial charge < -0.3 is 15.4 Å². The second-order valence-electron chi connectivity index (χ2n) is 7.70. The summed E-state index contributed by atoms with van der Waals surface area (Å²) >= 11 is 0. The summed E-state index contributed by atoms with van der Waals surface area (Å²) in [6.07, 6.45) is 1.96. The average molecular weight is 483 g/mol. The van der Waals surface area contributed by atoms with Gasteiger partial charge in [0.1, 0.15) is 29.0 Å². The maximum Gasteiger partial charge on any atom is 0.259 e. The van der Waals surface area contributed by atoms with Crippen molar-refractivity contribution in [2.45, 2.75) is 13.0 Å². The quantitative estimate of drug-likeness (QED) is 0.286. The van der Waals surface area contributed by atoms with Crippen LogP contribution >= 0.6 is 0 Å². The van der Waals surface area contributed by atoms with Gasteiger partial charge in [-0.2, -0.15) is 0 Å². The minimum atomic E-state index is -1.14. The molecule has 2 aromatic heterocycles. The first kappa shape index (κ1) is 23.7. The van der Waals surface area contributed by atoms with Crippen LogP contribution in [0.5, 0.6) is 5.75 Å². The first-order valence-corrected chi connectivity index (χ1v) is 10.3. The van der Waals surface area contributed by atoms with Crippen molar-refractivity contribution in [3.05, 3.63) is 105 Å². The molecule has 178 valence electrons. The van der Waals surface area contributed by atoms with E-state index in [1.165, 1.54) is 43.3 Å². The van der Waals surface area contributed by atoms with Crippen molar-refractivity contribution in [1.82, 2.24) is 15.3 Å². The van der Waals surface area contributed by atoms with Crippen LogP contribution in [0.2, 0.25) is 0 Å². The molecule has 6 nitrogen and oxygen atoms in total. The second kappa shape index (κ2) is 9.41. The Labute approximate surface area is 195 Å². The maximum atomic E-state index is 15.5. The Kier molecular flexibility index (Phi) is 6.37. The SMILES string of the molecule is C[C@H](NC(=O)/C(=C\c1ccc(O)cc1)c1c(F)c2cc(F)ccc2[nH]c1=O)c1ncc(F)cc1F. The Hall–Kier alpha value is -4.47. The predicted octanol–water partition coefficient (Wildman–Crippen LogP) is 4.60. The fourth-order valence-electron chi connectivity index (χ4n) is 3.54. The molecule has 2 aromatic carbocycles. The fraction of sp³-hybridized carbons (Fsp3) is 0.0800. The van der Waals surface area contributed by atoms with Gasteiger partial charge in [-0.1, -0.05) is 12.1 Å². The van der Waals surface area contributed by atoms with Gasteiger partial charge in [0.05, 0.1) is 34.6 Å². The number of hydrogen-bond donors (Lipinski definition) is 3. The smallest absolute Gasteiger partial charge is 0.259 e. The van der Waals surface area contributed by atoms with Crippen molar-refractivity contribution < 1.29 is 27.5 Å². The summed E-state index contributed by atoms with van der Waals surface area (Å²) in [5, 5.41) is 11.7. The predicted molar refractivity (Wildman–Crippen MR) is 121 cm³/mol. The van der Waals surface area contributed by atoms with Crippen molar-refractivity contribution in [3.8, 4) is 5.75 Å². The lowest BCUT2D eigenvalue weighted by atomic mass is 10.00. The second-order valence-corrected chi connectivity index (χ2v) is 7.70. The summed E-state index contributed by atoms with van der Waals surface area (Å²) in [4.78, 5) is 32.1.